The molecule has 212 valence electrons. The molecule has 0 amide bonds. The van der Waals surface area contributed by atoms with E-state index in [4.69, 9.17) is 35.9 Å². The Morgan fingerprint density at radius 2 is 2.08 bits per heavy atom. The molecule has 4 rings (SSSR count). The lowest BCUT2D eigenvalue weighted by molar-refractivity contribution is -0.149. The number of aliphatic hydroxyl groups is 1. The third kappa shape index (κ3) is 6.24. The Hall–Kier alpha value is -3.07. The molecule has 2 aromatic heterocycles. The predicted molar refractivity (Wildman–Crippen MR) is 137 cm³/mol. The topological polar surface area (TPSA) is 193 Å². The molecule has 1 aromatic carbocycles. The fraction of sp³-hybridized carbons (Fsp3) is 0.455. The summed E-state index contributed by atoms with van der Waals surface area (Å²) in [5.41, 5.74) is 4.60. The number of nitrogen functional groups attached to an aromatic ring is 1. The van der Waals surface area contributed by atoms with Gasteiger partial charge in [0.05, 0.1) is 19.0 Å². The fourth-order valence-electron chi connectivity index (χ4n) is 3.73. The Morgan fingerprint density at radius 3 is 2.74 bits per heavy atom. The minimum absolute atomic E-state index is 0.138. The molecule has 0 saturated carbocycles. The second-order valence-electron chi connectivity index (χ2n) is 8.96. The maximum absolute atomic E-state index is 15.6. The van der Waals surface area contributed by atoms with Crippen LogP contribution in [-0.4, -0.2) is 66.7 Å². The Bertz CT molecular complexity index is 1440. The van der Waals surface area contributed by atoms with E-state index in [1.54, 1.807) is 32.0 Å². The van der Waals surface area contributed by atoms with Crippen LogP contribution >= 0.6 is 19.3 Å². The number of carbonyl (C=O) groups excluding carboxylic acids is 1. The number of esters is 1. The third-order valence-electron chi connectivity index (χ3n) is 5.52. The van der Waals surface area contributed by atoms with E-state index in [1.165, 1.54) is 19.1 Å². The van der Waals surface area contributed by atoms with Crippen LogP contribution in [0.3, 0.4) is 0 Å². The molecule has 6 atom stereocenters. The number of rotatable bonds is 10. The molecule has 17 heteroatoms. The number of H-pyrrole nitrogens is 1. The van der Waals surface area contributed by atoms with Gasteiger partial charge >= 0.3 is 13.7 Å². The summed E-state index contributed by atoms with van der Waals surface area (Å²) < 4.78 is 52.0. The molecular weight excluding hydrogens is 562 g/mol. The molecule has 0 spiro atoms. The molecule has 3 aromatic rings. The average Bonchev–Trinajstić information content (AvgIpc) is 3.36. The summed E-state index contributed by atoms with van der Waals surface area (Å²) in [5.74, 6) is -0.846. The number of nitrogens with two attached hydrogens (primary N) is 1. The zero-order valence-corrected chi connectivity index (χ0v) is 22.6. The summed E-state index contributed by atoms with van der Waals surface area (Å²) >= 11 is 6.04. The van der Waals surface area contributed by atoms with Crippen molar-refractivity contribution in [3.63, 3.8) is 0 Å². The predicted octanol–water partition coefficient (Wildman–Crippen LogP) is 2.00. The van der Waals surface area contributed by atoms with Crippen LogP contribution in [0.1, 0.15) is 27.0 Å². The molecule has 0 aliphatic carbocycles. The van der Waals surface area contributed by atoms with Crippen molar-refractivity contribution in [3.8, 4) is 5.75 Å². The van der Waals surface area contributed by atoms with Crippen LogP contribution in [0.2, 0.25) is 0 Å². The zero-order valence-electron chi connectivity index (χ0n) is 21.0. The van der Waals surface area contributed by atoms with E-state index >= 15 is 4.39 Å². The highest BCUT2D eigenvalue weighted by molar-refractivity contribution is 7.52. The van der Waals surface area contributed by atoms with Gasteiger partial charge in [-0.05, 0) is 32.9 Å². The van der Waals surface area contributed by atoms with Crippen LogP contribution in [0.4, 0.5) is 10.3 Å². The highest BCUT2D eigenvalue weighted by Gasteiger charge is 2.58. The van der Waals surface area contributed by atoms with Crippen molar-refractivity contribution in [3.05, 3.63) is 47.0 Å². The number of nitrogens with zero attached hydrogens (tertiary/aromatic N) is 3. The standard InChI is InChI=1S/C22H27ClFN6O8P/c1-11(2)36-19(33)12(3)29-39(34,38-13-7-5-4-6-8-13)35-9-14-16(31)22(23,24)20(37-14)30-10-26-15-17(30)27-21(25)28-18(15)32/h4-8,10-12,14,16,20,31H,9H2,1-3H3,(H,29,34)(H3,25,27,28,32)/t12-,14-,16-,20-,22-,39+/m1/s1. The van der Waals surface area contributed by atoms with E-state index < -0.39 is 61.6 Å². The van der Waals surface area contributed by atoms with Crippen molar-refractivity contribution in [2.24, 2.45) is 0 Å². The van der Waals surface area contributed by atoms with Crippen molar-refractivity contribution in [1.29, 1.82) is 0 Å². The number of carbonyl (C=O) groups is 1. The molecule has 0 radical (unpaired) electrons. The molecule has 1 aliphatic rings. The number of hydrogen-bond donors (Lipinski definition) is 4. The van der Waals surface area contributed by atoms with Crippen LogP contribution in [0.15, 0.2) is 41.5 Å². The summed E-state index contributed by atoms with van der Waals surface area (Å²) in [5, 5.41) is 10.2. The molecule has 1 saturated heterocycles. The van der Waals surface area contributed by atoms with E-state index in [2.05, 4.69) is 20.0 Å². The van der Waals surface area contributed by atoms with Gasteiger partial charge < -0.3 is 24.8 Å². The minimum Gasteiger partial charge on any atom is -0.462 e. The molecule has 3 heterocycles. The maximum Gasteiger partial charge on any atom is 0.459 e. The maximum atomic E-state index is 15.6. The van der Waals surface area contributed by atoms with Gasteiger partial charge in [-0.25, -0.2) is 13.9 Å². The first-order valence-electron chi connectivity index (χ1n) is 11.7. The normalized spacial score (nSPS) is 25.5. The van der Waals surface area contributed by atoms with Gasteiger partial charge in [-0.15, -0.1) is 0 Å². The second-order valence-corrected chi connectivity index (χ2v) is 11.2. The van der Waals surface area contributed by atoms with Crippen LogP contribution in [0, 0.1) is 0 Å². The van der Waals surface area contributed by atoms with Gasteiger partial charge in [-0.3, -0.25) is 23.7 Å². The molecule has 1 aliphatic heterocycles. The van der Waals surface area contributed by atoms with Gasteiger partial charge in [0.2, 0.25) is 5.95 Å². The largest absolute Gasteiger partial charge is 0.462 e. The van der Waals surface area contributed by atoms with Gasteiger partial charge in [-0.2, -0.15) is 10.1 Å². The first kappa shape index (κ1) is 28.9. The van der Waals surface area contributed by atoms with Gasteiger partial charge in [0, 0.05) is 0 Å². The SMILES string of the molecule is CC(C)OC(=O)[C@@H](C)N[P@](=O)(OC[C@H]1O[C@@H](n2cnc3c(=O)[nH]c(N)nc32)[C@@](F)(Cl)[C@@H]1O)Oc1ccccc1. The van der Waals surface area contributed by atoms with Gasteiger partial charge in [-0.1, -0.05) is 29.8 Å². The molecule has 0 bridgehead atoms. The highest BCUT2D eigenvalue weighted by atomic mass is 35.5. The number of para-hydroxylation sites is 1. The van der Waals surface area contributed by atoms with Gasteiger partial charge in [0.1, 0.15) is 24.0 Å². The number of aromatic amines is 1. The first-order chi connectivity index (χ1) is 18.3. The molecular formula is C22H27ClFN6O8P. The van der Waals surface area contributed by atoms with Crippen molar-refractivity contribution in [2.75, 3.05) is 12.3 Å². The number of ether oxygens (including phenoxy) is 2. The fourth-order valence-corrected chi connectivity index (χ4v) is 5.53. The molecule has 5 N–H and O–H groups in total. The summed E-state index contributed by atoms with van der Waals surface area (Å²) in [6, 6.07) is 6.82. The van der Waals surface area contributed by atoms with Crippen LogP contribution in [0.25, 0.3) is 11.2 Å². The van der Waals surface area contributed by atoms with E-state index in [9.17, 15) is 19.3 Å². The number of nitrogens with one attached hydrogen (secondary N) is 2. The number of aromatic nitrogens is 4. The summed E-state index contributed by atoms with van der Waals surface area (Å²) in [7, 11) is -4.35. The first-order valence-corrected chi connectivity index (χ1v) is 13.6. The van der Waals surface area contributed by atoms with E-state index in [0.29, 0.717) is 0 Å². The quantitative estimate of drug-likeness (QED) is 0.153. The number of alkyl halides is 2. The number of imidazole rings is 1. The third-order valence-corrected chi connectivity index (χ3v) is 7.57. The second kappa shape index (κ2) is 11.2. The molecule has 39 heavy (non-hydrogen) atoms. The monoisotopic (exact) mass is 588 g/mol. The summed E-state index contributed by atoms with van der Waals surface area (Å²) in [6.07, 6.45) is -4.60. The van der Waals surface area contributed by atoms with Crippen molar-refractivity contribution in [1.82, 2.24) is 24.6 Å². The Labute approximate surface area is 226 Å². The Balaban J connectivity index is 1.56. The number of fused-ring (bicyclic) bond motifs is 1. The van der Waals surface area contributed by atoms with Crippen LogP contribution in [-0.2, 0) is 23.4 Å². The zero-order chi connectivity index (χ0) is 28.5. The van der Waals surface area contributed by atoms with Crippen molar-refractivity contribution >= 4 is 42.4 Å². The highest BCUT2D eigenvalue weighted by Crippen LogP contribution is 2.49. The van der Waals surface area contributed by atoms with Crippen LogP contribution in [0.5, 0.6) is 5.75 Å². The lowest BCUT2D eigenvalue weighted by atomic mass is 10.1. The Kier molecular flexibility index (Phi) is 8.30. The molecule has 0 unspecified atom stereocenters. The van der Waals surface area contributed by atoms with E-state index in [-0.39, 0.29) is 22.9 Å². The Morgan fingerprint density at radius 1 is 1.38 bits per heavy atom. The number of benzene rings is 1. The van der Waals surface area contributed by atoms with Gasteiger partial charge in [0.15, 0.2) is 17.4 Å². The van der Waals surface area contributed by atoms with Gasteiger partial charge in [0.25, 0.3) is 10.7 Å². The molecule has 14 nitrogen and oxygen atoms in total. The lowest BCUT2D eigenvalue weighted by Gasteiger charge is -2.25. The minimum atomic E-state index is -4.35. The van der Waals surface area contributed by atoms with E-state index in [1.807, 2.05) is 0 Å². The smallest absolute Gasteiger partial charge is 0.459 e. The van der Waals surface area contributed by atoms with Crippen LogP contribution < -0.4 is 20.9 Å². The summed E-state index contributed by atoms with van der Waals surface area (Å²) in [4.78, 5) is 34.5. The lowest BCUT2D eigenvalue weighted by Crippen LogP contribution is -2.40. The number of anilines is 1. The molecule has 1 fully saturated rings. The number of aliphatic hydroxyl groups excluding tert-OH is 1. The number of hydrogen-bond acceptors (Lipinski definition) is 11. The van der Waals surface area contributed by atoms with Crippen molar-refractivity contribution < 1.29 is 37.4 Å². The average molecular weight is 589 g/mol. The van der Waals surface area contributed by atoms with E-state index in [0.717, 1.165) is 10.9 Å². The van der Waals surface area contributed by atoms with Crippen molar-refractivity contribution in [2.45, 2.75) is 56.5 Å². The summed E-state index contributed by atoms with van der Waals surface area (Å²) in [6.45, 7) is 3.99. The number of halogens is 2.